The van der Waals surface area contributed by atoms with E-state index in [4.69, 9.17) is 9.47 Å². The molecular formula is C18H15F2NO3. The predicted octanol–water partition coefficient (Wildman–Crippen LogP) is 3.25. The highest BCUT2D eigenvalue weighted by Crippen LogP contribution is 2.20. The second-order valence-electron chi connectivity index (χ2n) is 4.68. The molecule has 0 heterocycles. The summed E-state index contributed by atoms with van der Waals surface area (Å²) < 4.78 is 36.2. The van der Waals surface area contributed by atoms with Crippen molar-refractivity contribution in [2.75, 3.05) is 13.7 Å². The van der Waals surface area contributed by atoms with Gasteiger partial charge in [-0.15, -0.1) is 0 Å². The van der Waals surface area contributed by atoms with Gasteiger partial charge < -0.3 is 14.8 Å². The van der Waals surface area contributed by atoms with Crippen LogP contribution in [-0.2, 0) is 11.3 Å². The highest BCUT2D eigenvalue weighted by Gasteiger charge is 2.08. The molecule has 0 radical (unpaired) electrons. The first kappa shape index (κ1) is 17.3. The van der Waals surface area contributed by atoms with Crippen LogP contribution in [0.4, 0.5) is 13.6 Å². The zero-order chi connectivity index (χ0) is 17.4. The van der Waals surface area contributed by atoms with Crippen LogP contribution in [0.25, 0.3) is 0 Å². The van der Waals surface area contributed by atoms with E-state index in [0.717, 1.165) is 17.7 Å². The van der Waals surface area contributed by atoms with Crippen LogP contribution in [0.1, 0.15) is 11.1 Å². The van der Waals surface area contributed by atoms with Crippen molar-refractivity contribution in [3.8, 4) is 17.6 Å². The van der Waals surface area contributed by atoms with E-state index in [0.29, 0.717) is 0 Å². The average Bonchev–Trinajstić information content (AvgIpc) is 2.60. The molecule has 0 saturated carbocycles. The third-order valence-corrected chi connectivity index (χ3v) is 3.00. The number of halogens is 2. The lowest BCUT2D eigenvalue weighted by Crippen LogP contribution is -2.24. The Bertz CT molecular complexity index is 767. The van der Waals surface area contributed by atoms with E-state index in [1.165, 1.54) is 7.11 Å². The maximum absolute atomic E-state index is 13.2. The van der Waals surface area contributed by atoms with Crippen molar-refractivity contribution in [1.82, 2.24) is 5.32 Å². The fourth-order valence-electron chi connectivity index (χ4n) is 1.83. The number of amides is 1. The molecule has 0 bridgehead atoms. The lowest BCUT2D eigenvalue weighted by Gasteiger charge is -2.05. The molecule has 0 spiro atoms. The fraction of sp³-hybridized carbons (Fsp3) is 0.167. The van der Waals surface area contributed by atoms with Gasteiger partial charge in [-0.2, -0.15) is 0 Å². The first-order valence-corrected chi connectivity index (χ1v) is 7.06. The quantitative estimate of drug-likeness (QED) is 0.875. The topological polar surface area (TPSA) is 47.6 Å². The number of hydrogen-bond acceptors (Lipinski definition) is 3. The number of carbonyl (C=O) groups excluding carboxylic acids is 1. The Labute approximate surface area is 138 Å². The van der Waals surface area contributed by atoms with E-state index in [-0.39, 0.29) is 24.5 Å². The van der Waals surface area contributed by atoms with Gasteiger partial charge in [0.1, 0.15) is 12.4 Å². The number of benzene rings is 2. The lowest BCUT2D eigenvalue weighted by atomic mass is 10.2. The smallest absolute Gasteiger partial charge is 0.408 e. The van der Waals surface area contributed by atoms with Gasteiger partial charge in [0.05, 0.1) is 19.2 Å². The van der Waals surface area contributed by atoms with Crippen molar-refractivity contribution in [3.63, 3.8) is 0 Å². The zero-order valence-corrected chi connectivity index (χ0v) is 12.9. The molecule has 0 aliphatic rings. The zero-order valence-electron chi connectivity index (χ0n) is 12.9. The third-order valence-electron chi connectivity index (χ3n) is 3.00. The summed E-state index contributed by atoms with van der Waals surface area (Å²) in [5, 5.41) is 2.44. The molecule has 0 unspecified atom stereocenters. The van der Waals surface area contributed by atoms with Gasteiger partial charge in [0.25, 0.3) is 0 Å². The SMILES string of the molecule is COc1cc(F)c(F)cc1C#CCNC(=O)OCc1ccccc1. The Balaban J connectivity index is 1.85. The number of carbonyl (C=O) groups is 1. The molecule has 0 atom stereocenters. The van der Waals surface area contributed by atoms with Crippen LogP contribution in [0, 0.1) is 23.5 Å². The van der Waals surface area contributed by atoms with E-state index in [9.17, 15) is 13.6 Å². The van der Waals surface area contributed by atoms with Crippen LogP contribution in [0.5, 0.6) is 5.75 Å². The minimum absolute atomic E-state index is 0.00419. The highest BCUT2D eigenvalue weighted by atomic mass is 19.2. The van der Waals surface area contributed by atoms with Crippen LogP contribution < -0.4 is 10.1 Å². The van der Waals surface area contributed by atoms with Crippen molar-refractivity contribution in [3.05, 3.63) is 65.2 Å². The molecule has 124 valence electrons. The van der Waals surface area contributed by atoms with E-state index >= 15 is 0 Å². The molecule has 0 fully saturated rings. The van der Waals surface area contributed by atoms with Gasteiger partial charge >= 0.3 is 6.09 Å². The van der Waals surface area contributed by atoms with Crippen LogP contribution in [0.2, 0.25) is 0 Å². The molecule has 0 saturated heterocycles. The monoisotopic (exact) mass is 331 g/mol. The number of ether oxygens (including phenoxy) is 2. The average molecular weight is 331 g/mol. The second-order valence-corrected chi connectivity index (χ2v) is 4.68. The standard InChI is InChI=1S/C18H15F2NO3/c1-23-17-11-16(20)15(19)10-14(17)8-5-9-21-18(22)24-12-13-6-3-2-4-7-13/h2-4,6-7,10-11H,9,12H2,1H3,(H,21,22). The van der Waals surface area contributed by atoms with Crippen molar-refractivity contribution in [2.24, 2.45) is 0 Å². The number of alkyl carbamates (subject to hydrolysis) is 1. The van der Waals surface area contributed by atoms with Gasteiger partial charge in [-0.1, -0.05) is 42.2 Å². The number of rotatable bonds is 4. The normalized spacial score (nSPS) is 9.62. The van der Waals surface area contributed by atoms with Gasteiger partial charge in [0.15, 0.2) is 11.6 Å². The predicted molar refractivity (Wildman–Crippen MR) is 84.4 cm³/mol. The second kappa shape index (κ2) is 8.53. The molecular weight excluding hydrogens is 316 g/mol. The van der Waals surface area contributed by atoms with Crippen LogP contribution in [0.15, 0.2) is 42.5 Å². The van der Waals surface area contributed by atoms with Crippen molar-refractivity contribution in [1.29, 1.82) is 0 Å². The Morgan fingerprint density at radius 3 is 2.58 bits per heavy atom. The summed E-state index contributed by atoms with van der Waals surface area (Å²) in [6, 6.07) is 11.1. The molecule has 1 N–H and O–H groups in total. The molecule has 24 heavy (non-hydrogen) atoms. The van der Waals surface area contributed by atoms with Crippen molar-refractivity contribution in [2.45, 2.75) is 6.61 Å². The van der Waals surface area contributed by atoms with Crippen molar-refractivity contribution >= 4 is 6.09 Å². The third kappa shape index (κ3) is 4.99. The fourth-order valence-corrected chi connectivity index (χ4v) is 1.83. The summed E-state index contributed by atoms with van der Waals surface area (Å²) >= 11 is 0. The Hall–Kier alpha value is -3.07. The van der Waals surface area contributed by atoms with E-state index in [1.807, 2.05) is 30.3 Å². The summed E-state index contributed by atoms with van der Waals surface area (Å²) in [6.45, 7) is 0.146. The van der Waals surface area contributed by atoms with Gasteiger partial charge in [-0.25, -0.2) is 13.6 Å². The summed E-state index contributed by atoms with van der Waals surface area (Å²) in [7, 11) is 1.33. The minimum Gasteiger partial charge on any atom is -0.495 e. The maximum atomic E-state index is 13.2. The van der Waals surface area contributed by atoms with E-state index in [2.05, 4.69) is 17.2 Å². The maximum Gasteiger partial charge on any atom is 0.408 e. The molecule has 6 heteroatoms. The Morgan fingerprint density at radius 2 is 1.88 bits per heavy atom. The highest BCUT2D eigenvalue weighted by molar-refractivity contribution is 5.67. The molecule has 4 nitrogen and oxygen atoms in total. The van der Waals surface area contributed by atoms with Gasteiger partial charge in [-0.3, -0.25) is 0 Å². The molecule has 0 aliphatic carbocycles. The van der Waals surface area contributed by atoms with Crippen molar-refractivity contribution < 1.29 is 23.0 Å². The first-order valence-electron chi connectivity index (χ1n) is 7.06. The largest absolute Gasteiger partial charge is 0.495 e. The van der Waals surface area contributed by atoms with Gasteiger partial charge in [0.2, 0.25) is 0 Å². The van der Waals surface area contributed by atoms with Crippen LogP contribution >= 0.6 is 0 Å². The lowest BCUT2D eigenvalue weighted by molar-refractivity contribution is 0.141. The van der Waals surface area contributed by atoms with Crippen LogP contribution in [-0.4, -0.2) is 19.7 Å². The minimum atomic E-state index is -1.02. The molecule has 0 aliphatic heterocycles. The molecule has 2 rings (SSSR count). The van der Waals surface area contributed by atoms with E-state index < -0.39 is 17.7 Å². The summed E-state index contributed by atoms with van der Waals surface area (Å²) in [5.41, 5.74) is 1.06. The molecule has 2 aromatic rings. The molecule has 2 aromatic carbocycles. The number of methoxy groups -OCH3 is 1. The Morgan fingerprint density at radius 1 is 1.17 bits per heavy atom. The summed E-state index contributed by atoms with van der Waals surface area (Å²) in [6.07, 6.45) is -0.620. The first-order chi connectivity index (χ1) is 11.6. The van der Waals surface area contributed by atoms with E-state index in [1.54, 1.807) is 0 Å². The summed E-state index contributed by atoms with van der Waals surface area (Å²) in [5.74, 6) is 3.32. The molecule has 1 amide bonds. The number of hydrogen-bond donors (Lipinski definition) is 1. The molecule has 0 aromatic heterocycles. The number of nitrogens with one attached hydrogen (secondary N) is 1. The van der Waals surface area contributed by atoms with Gasteiger partial charge in [-0.05, 0) is 11.6 Å². The van der Waals surface area contributed by atoms with Gasteiger partial charge in [0, 0.05) is 6.07 Å². The summed E-state index contributed by atoms with van der Waals surface area (Å²) in [4.78, 5) is 11.5. The van der Waals surface area contributed by atoms with Crippen LogP contribution in [0.3, 0.4) is 0 Å². The Kier molecular flexibility index (Phi) is 6.15.